The molecule has 0 aliphatic carbocycles. The van der Waals surface area contributed by atoms with Gasteiger partial charge >= 0.3 is 0 Å². The summed E-state index contributed by atoms with van der Waals surface area (Å²) in [5.41, 5.74) is 7.17. The fraction of sp³-hybridized carbons (Fsp3) is 0.214. The van der Waals surface area contributed by atoms with Gasteiger partial charge in [-0.05, 0) is 30.2 Å². The molecule has 0 saturated carbocycles. The minimum Gasteiger partial charge on any atom is -0.437 e. The number of nitrogens with two attached hydrogens (primary N) is 1. The van der Waals surface area contributed by atoms with Crippen molar-refractivity contribution in [1.29, 1.82) is 5.41 Å². The molecule has 0 radical (unpaired) electrons. The van der Waals surface area contributed by atoms with Crippen molar-refractivity contribution in [1.82, 2.24) is 10.2 Å². The minimum absolute atomic E-state index is 0.0903. The molecule has 5 heteroatoms. The molecule has 0 spiro atoms. The normalized spacial score (nSPS) is 10.2. The van der Waals surface area contributed by atoms with Crippen molar-refractivity contribution >= 4 is 5.84 Å². The molecule has 1 heterocycles. The smallest absolute Gasteiger partial charge is 0.249 e. The van der Waals surface area contributed by atoms with Crippen molar-refractivity contribution in [2.24, 2.45) is 5.73 Å². The Balaban J connectivity index is 2.19. The standard InChI is InChI=1S/C14H16N4O/c1-2-3-10-4-6-11(7-5-10)19-14-12(13(15)16)8-9-17-18-14/h4-9H,2-3H2,1H3,(H3,15,16). The SMILES string of the molecule is CCCc1ccc(Oc2nnccc2C(=N)N)cc1. The van der Waals surface area contributed by atoms with Gasteiger partial charge in [0.1, 0.15) is 11.6 Å². The maximum absolute atomic E-state index is 7.46. The summed E-state index contributed by atoms with van der Waals surface area (Å²) in [5, 5.41) is 15.1. The van der Waals surface area contributed by atoms with Crippen LogP contribution in [0, 0.1) is 5.41 Å². The van der Waals surface area contributed by atoms with Gasteiger partial charge in [0.2, 0.25) is 5.88 Å². The zero-order chi connectivity index (χ0) is 13.7. The monoisotopic (exact) mass is 256 g/mol. The molecule has 3 N–H and O–H groups in total. The number of amidine groups is 1. The Morgan fingerprint density at radius 2 is 2.00 bits per heavy atom. The van der Waals surface area contributed by atoms with Crippen molar-refractivity contribution in [3.05, 3.63) is 47.7 Å². The van der Waals surface area contributed by atoms with Crippen molar-refractivity contribution in [3.8, 4) is 11.6 Å². The zero-order valence-electron chi connectivity index (χ0n) is 10.8. The summed E-state index contributed by atoms with van der Waals surface area (Å²) in [4.78, 5) is 0. The van der Waals surface area contributed by atoms with Crippen LogP contribution in [-0.2, 0) is 6.42 Å². The third-order valence-electron chi connectivity index (χ3n) is 2.65. The maximum atomic E-state index is 7.46. The second-order valence-electron chi connectivity index (χ2n) is 4.16. The zero-order valence-corrected chi connectivity index (χ0v) is 10.8. The van der Waals surface area contributed by atoms with E-state index in [1.54, 1.807) is 6.07 Å². The summed E-state index contributed by atoms with van der Waals surface area (Å²) in [6.07, 6.45) is 3.64. The van der Waals surface area contributed by atoms with Gasteiger partial charge in [0.15, 0.2) is 0 Å². The van der Waals surface area contributed by atoms with E-state index in [0.29, 0.717) is 11.3 Å². The van der Waals surface area contributed by atoms with Crippen LogP contribution in [0.2, 0.25) is 0 Å². The first-order chi connectivity index (χ1) is 9.20. The average molecular weight is 256 g/mol. The van der Waals surface area contributed by atoms with Gasteiger partial charge in [0, 0.05) is 0 Å². The number of hydrogen-bond donors (Lipinski definition) is 2. The van der Waals surface area contributed by atoms with Gasteiger partial charge in [0.25, 0.3) is 0 Å². The van der Waals surface area contributed by atoms with E-state index in [2.05, 4.69) is 17.1 Å². The van der Waals surface area contributed by atoms with E-state index in [4.69, 9.17) is 15.9 Å². The third kappa shape index (κ3) is 3.28. The van der Waals surface area contributed by atoms with E-state index in [1.807, 2.05) is 24.3 Å². The van der Waals surface area contributed by atoms with Gasteiger partial charge in [-0.25, -0.2) is 0 Å². The fourth-order valence-electron chi connectivity index (χ4n) is 1.72. The average Bonchev–Trinajstić information content (AvgIpc) is 2.42. The topological polar surface area (TPSA) is 84.9 Å². The number of hydrogen-bond acceptors (Lipinski definition) is 4. The molecule has 19 heavy (non-hydrogen) atoms. The number of nitrogen functional groups attached to an aromatic ring is 1. The minimum atomic E-state index is -0.0903. The Hall–Kier alpha value is -2.43. The van der Waals surface area contributed by atoms with Crippen LogP contribution >= 0.6 is 0 Å². The molecule has 2 aromatic rings. The lowest BCUT2D eigenvalue weighted by molar-refractivity contribution is 0.453. The first kappa shape index (κ1) is 13.0. The van der Waals surface area contributed by atoms with Crippen molar-refractivity contribution in [2.75, 3.05) is 0 Å². The predicted molar refractivity (Wildman–Crippen MR) is 73.6 cm³/mol. The lowest BCUT2D eigenvalue weighted by atomic mass is 10.1. The van der Waals surface area contributed by atoms with Crippen molar-refractivity contribution in [3.63, 3.8) is 0 Å². The highest BCUT2D eigenvalue weighted by molar-refractivity contribution is 5.96. The van der Waals surface area contributed by atoms with E-state index < -0.39 is 0 Å². The summed E-state index contributed by atoms with van der Waals surface area (Å²) < 4.78 is 5.61. The largest absolute Gasteiger partial charge is 0.437 e. The Kier molecular flexibility index (Phi) is 4.07. The number of aryl methyl sites for hydroxylation is 1. The highest BCUT2D eigenvalue weighted by Gasteiger charge is 2.09. The number of nitrogens with zero attached hydrogens (tertiary/aromatic N) is 2. The molecule has 98 valence electrons. The third-order valence-corrected chi connectivity index (χ3v) is 2.65. The second kappa shape index (κ2) is 5.95. The van der Waals surface area contributed by atoms with Crippen LogP contribution in [0.25, 0.3) is 0 Å². The van der Waals surface area contributed by atoms with Gasteiger partial charge < -0.3 is 10.5 Å². The first-order valence-electron chi connectivity index (χ1n) is 6.13. The molecule has 1 aromatic heterocycles. The summed E-state index contributed by atoms with van der Waals surface area (Å²) in [7, 11) is 0. The molecule has 0 aliphatic rings. The van der Waals surface area contributed by atoms with E-state index >= 15 is 0 Å². The summed E-state index contributed by atoms with van der Waals surface area (Å²) in [6, 6.07) is 9.40. The number of ether oxygens (including phenoxy) is 1. The van der Waals surface area contributed by atoms with E-state index in [-0.39, 0.29) is 11.7 Å². The van der Waals surface area contributed by atoms with Crippen LogP contribution < -0.4 is 10.5 Å². The van der Waals surface area contributed by atoms with Crippen LogP contribution in [-0.4, -0.2) is 16.0 Å². The Morgan fingerprint density at radius 3 is 2.63 bits per heavy atom. The van der Waals surface area contributed by atoms with Gasteiger partial charge in [-0.2, -0.15) is 5.10 Å². The number of rotatable bonds is 5. The first-order valence-corrected chi connectivity index (χ1v) is 6.13. The van der Waals surface area contributed by atoms with Crippen LogP contribution in [0.3, 0.4) is 0 Å². The van der Waals surface area contributed by atoms with E-state index in [0.717, 1.165) is 12.8 Å². The summed E-state index contributed by atoms with van der Waals surface area (Å²) in [5.74, 6) is 0.814. The predicted octanol–water partition coefficient (Wildman–Crippen LogP) is 2.51. The lowest BCUT2D eigenvalue weighted by Crippen LogP contribution is -2.13. The molecule has 5 nitrogen and oxygen atoms in total. The number of benzene rings is 1. The van der Waals surface area contributed by atoms with Gasteiger partial charge in [-0.1, -0.05) is 25.5 Å². The van der Waals surface area contributed by atoms with Crippen molar-refractivity contribution in [2.45, 2.75) is 19.8 Å². The molecular weight excluding hydrogens is 240 g/mol. The molecule has 0 aliphatic heterocycles. The highest BCUT2D eigenvalue weighted by atomic mass is 16.5. The molecular formula is C14H16N4O. The molecule has 2 rings (SSSR count). The Morgan fingerprint density at radius 1 is 1.26 bits per heavy atom. The molecule has 0 bridgehead atoms. The van der Waals surface area contributed by atoms with E-state index in [9.17, 15) is 0 Å². The van der Waals surface area contributed by atoms with E-state index in [1.165, 1.54) is 11.8 Å². The Labute approximate surface area is 111 Å². The van der Waals surface area contributed by atoms with Gasteiger partial charge in [-0.15, -0.1) is 5.10 Å². The number of aromatic nitrogens is 2. The molecule has 0 saturated heterocycles. The molecule has 0 amide bonds. The van der Waals surface area contributed by atoms with Crippen LogP contribution in [0.1, 0.15) is 24.5 Å². The van der Waals surface area contributed by atoms with Crippen LogP contribution in [0.4, 0.5) is 0 Å². The summed E-state index contributed by atoms with van der Waals surface area (Å²) in [6.45, 7) is 2.14. The van der Waals surface area contributed by atoms with Crippen LogP contribution in [0.5, 0.6) is 11.6 Å². The fourth-order valence-corrected chi connectivity index (χ4v) is 1.72. The molecule has 1 aromatic carbocycles. The van der Waals surface area contributed by atoms with Crippen LogP contribution in [0.15, 0.2) is 36.5 Å². The molecule has 0 fully saturated rings. The van der Waals surface area contributed by atoms with Gasteiger partial charge in [-0.3, -0.25) is 5.41 Å². The van der Waals surface area contributed by atoms with Crippen molar-refractivity contribution < 1.29 is 4.74 Å². The molecule has 0 atom stereocenters. The maximum Gasteiger partial charge on any atom is 0.249 e. The lowest BCUT2D eigenvalue weighted by Gasteiger charge is -2.08. The Bertz CT molecular complexity index is 566. The summed E-state index contributed by atoms with van der Waals surface area (Å²) >= 11 is 0. The van der Waals surface area contributed by atoms with Gasteiger partial charge in [0.05, 0.1) is 11.8 Å². The second-order valence-corrected chi connectivity index (χ2v) is 4.16. The quantitative estimate of drug-likeness (QED) is 0.635. The highest BCUT2D eigenvalue weighted by Crippen LogP contribution is 2.22. The molecule has 0 unspecified atom stereocenters. The number of nitrogens with one attached hydrogen (secondary N) is 1.